The van der Waals surface area contributed by atoms with Crippen molar-refractivity contribution in [2.45, 2.75) is 0 Å². The first-order chi connectivity index (χ1) is 12.0. The highest BCUT2D eigenvalue weighted by atomic mass is 32.2. The molecular formula is C18H26FN5S. The molecule has 7 heteroatoms. The molecule has 5 N–H and O–H groups in total. The summed E-state index contributed by atoms with van der Waals surface area (Å²) in [6.07, 6.45) is 2.37. The van der Waals surface area contributed by atoms with E-state index in [0.29, 0.717) is 28.5 Å². The number of nitrogens with two attached hydrogens (primary N) is 1. The summed E-state index contributed by atoms with van der Waals surface area (Å²) in [7, 11) is 4.07. The van der Waals surface area contributed by atoms with Gasteiger partial charge in [0.05, 0.1) is 5.04 Å². The van der Waals surface area contributed by atoms with E-state index < -0.39 is 5.82 Å². The average molecular weight is 364 g/mol. The Morgan fingerprint density at radius 3 is 2.76 bits per heavy atom. The molecule has 5 nitrogen and oxygen atoms in total. The van der Waals surface area contributed by atoms with E-state index in [0.717, 1.165) is 31.6 Å². The van der Waals surface area contributed by atoms with Crippen LogP contribution in [-0.4, -0.2) is 55.6 Å². The Kier molecular flexibility index (Phi) is 7.16. The zero-order chi connectivity index (χ0) is 18.4. The van der Waals surface area contributed by atoms with Crippen LogP contribution in [0.15, 0.2) is 24.4 Å². The standard InChI is InChI=1S/C18H26FN5S/c1-23-8-14-9-24(2)10-15(14)11-25-18(22)16-4-3-12(5-17(16)19)13(6-20)7-21/h3-7,14-15,20,22-23H,8-11,21H2,1-2H3/b13-7+,20-6?,22-18?/t14-,15-/m0/s1. The molecule has 0 saturated carbocycles. The minimum Gasteiger partial charge on any atom is -0.404 e. The first kappa shape index (κ1) is 19.6. The SMILES string of the molecule is CNC[C@H]1CN(C)C[C@H]1CSC(=N)c1ccc(/C(C=N)=C/N)cc1F. The van der Waals surface area contributed by atoms with E-state index >= 15 is 0 Å². The summed E-state index contributed by atoms with van der Waals surface area (Å²) in [4.78, 5) is 2.31. The third-order valence-electron chi connectivity index (χ3n) is 4.55. The smallest absolute Gasteiger partial charge is 0.133 e. The minimum absolute atomic E-state index is 0.245. The molecule has 0 amide bonds. The van der Waals surface area contributed by atoms with Gasteiger partial charge >= 0.3 is 0 Å². The highest BCUT2D eigenvalue weighted by Crippen LogP contribution is 2.28. The number of hydrogen-bond acceptors (Lipinski definition) is 6. The lowest BCUT2D eigenvalue weighted by Crippen LogP contribution is -2.26. The van der Waals surface area contributed by atoms with E-state index in [9.17, 15) is 4.39 Å². The van der Waals surface area contributed by atoms with E-state index in [1.165, 1.54) is 24.0 Å². The number of allylic oxidation sites excluding steroid dienone is 1. The first-order valence-corrected chi connectivity index (χ1v) is 9.25. The molecule has 0 aliphatic carbocycles. The predicted molar refractivity (Wildman–Crippen MR) is 105 cm³/mol. The van der Waals surface area contributed by atoms with Crippen LogP contribution in [0.25, 0.3) is 5.57 Å². The third kappa shape index (κ3) is 4.90. The molecule has 1 aliphatic heterocycles. The molecule has 1 saturated heterocycles. The molecule has 1 aliphatic rings. The first-order valence-electron chi connectivity index (χ1n) is 8.27. The van der Waals surface area contributed by atoms with Gasteiger partial charge in [-0.2, -0.15) is 0 Å². The van der Waals surface area contributed by atoms with Crippen molar-refractivity contribution in [2.24, 2.45) is 17.6 Å². The van der Waals surface area contributed by atoms with Crippen LogP contribution in [-0.2, 0) is 0 Å². The number of likely N-dealkylation sites (tertiary alicyclic amines) is 1. The summed E-state index contributed by atoms with van der Waals surface area (Å²) < 4.78 is 14.4. The van der Waals surface area contributed by atoms with Crippen molar-refractivity contribution in [3.8, 4) is 0 Å². The van der Waals surface area contributed by atoms with Crippen molar-refractivity contribution >= 4 is 28.6 Å². The largest absolute Gasteiger partial charge is 0.404 e. The maximum atomic E-state index is 14.4. The number of nitrogens with one attached hydrogen (secondary N) is 3. The Balaban J connectivity index is 2.02. The highest BCUT2D eigenvalue weighted by Gasteiger charge is 2.30. The van der Waals surface area contributed by atoms with Crippen LogP contribution in [0.5, 0.6) is 0 Å². The zero-order valence-corrected chi connectivity index (χ0v) is 15.5. The van der Waals surface area contributed by atoms with Gasteiger partial charge < -0.3 is 21.4 Å². The normalized spacial score (nSPS) is 21.5. The van der Waals surface area contributed by atoms with Crippen LogP contribution < -0.4 is 11.1 Å². The van der Waals surface area contributed by atoms with Crippen LogP contribution in [0.2, 0.25) is 0 Å². The lowest BCUT2D eigenvalue weighted by Gasteiger charge is -2.18. The monoisotopic (exact) mass is 363 g/mol. The molecule has 25 heavy (non-hydrogen) atoms. The highest BCUT2D eigenvalue weighted by molar-refractivity contribution is 8.14. The molecule has 2 rings (SSSR count). The molecule has 1 aromatic carbocycles. The number of halogens is 1. The van der Waals surface area contributed by atoms with Crippen LogP contribution in [0.1, 0.15) is 11.1 Å². The Bertz CT molecular complexity index is 661. The molecule has 0 aromatic heterocycles. The lowest BCUT2D eigenvalue weighted by molar-refractivity contribution is 0.392. The van der Waals surface area contributed by atoms with Crippen molar-refractivity contribution < 1.29 is 4.39 Å². The van der Waals surface area contributed by atoms with Gasteiger partial charge in [-0.15, -0.1) is 11.8 Å². The second-order valence-corrected chi connectivity index (χ2v) is 7.43. The van der Waals surface area contributed by atoms with E-state index in [1.54, 1.807) is 12.1 Å². The van der Waals surface area contributed by atoms with E-state index in [2.05, 4.69) is 17.3 Å². The quantitative estimate of drug-likeness (QED) is 0.442. The van der Waals surface area contributed by atoms with Crippen molar-refractivity contribution in [3.63, 3.8) is 0 Å². The number of hydrogen-bond donors (Lipinski definition) is 4. The molecule has 0 radical (unpaired) electrons. The van der Waals surface area contributed by atoms with Gasteiger partial charge in [0.15, 0.2) is 0 Å². The molecule has 2 atom stereocenters. The molecule has 136 valence electrons. The van der Waals surface area contributed by atoms with E-state index in [4.69, 9.17) is 16.6 Å². The average Bonchev–Trinajstić information content (AvgIpc) is 2.94. The summed E-state index contributed by atoms with van der Waals surface area (Å²) in [5.74, 6) is 1.42. The minimum atomic E-state index is -0.452. The summed E-state index contributed by atoms with van der Waals surface area (Å²) in [6, 6.07) is 4.63. The molecule has 1 fully saturated rings. The van der Waals surface area contributed by atoms with Crippen LogP contribution in [0.3, 0.4) is 0 Å². The van der Waals surface area contributed by atoms with Crippen LogP contribution in [0, 0.1) is 28.5 Å². The van der Waals surface area contributed by atoms with Crippen molar-refractivity contribution in [1.29, 1.82) is 10.8 Å². The topological polar surface area (TPSA) is 89.0 Å². The van der Waals surface area contributed by atoms with Gasteiger partial charge in [-0.05, 0) is 50.2 Å². The van der Waals surface area contributed by atoms with Crippen molar-refractivity contribution in [2.75, 3.05) is 39.5 Å². The number of rotatable bonds is 7. The molecule has 0 spiro atoms. The molecule has 1 heterocycles. The summed E-state index contributed by atoms with van der Waals surface area (Å²) >= 11 is 1.40. The Hall–Kier alpha value is -1.70. The second-order valence-electron chi connectivity index (χ2n) is 6.40. The number of nitrogens with zero attached hydrogens (tertiary/aromatic N) is 1. The van der Waals surface area contributed by atoms with Crippen LogP contribution in [0.4, 0.5) is 4.39 Å². The maximum absolute atomic E-state index is 14.4. The van der Waals surface area contributed by atoms with Gasteiger partial charge in [0.25, 0.3) is 0 Å². The van der Waals surface area contributed by atoms with Crippen molar-refractivity contribution in [1.82, 2.24) is 10.2 Å². The Labute approximate surface area is 152 Å². The fourth-order valence-electron chi connectivity index (χ4n) is 3.23. The maximum Gasteiger partial charge on any atom is 0.133 e. The van der Waals surface area contributed by atoms with Gasteiger partial charge in [0.2, 0.25) is 0 Å². The summed E-state index contributed by atoms with van der Waals surface area (Å²) in [6.45, 7) is 3.03. The van der Waals surface area contributed by atoms with Crippen molar-refractivity contribution in [3.05, 3.63) is 41.3 Å². The van der Waals surface area contributed by atoms with Gasteiger partial charge in [-0.25, -0.2) is 4.39 Å². The summed E-state index contributed by atoms with van der Waals surface area (Å²) in [5, 5.41) is 19.0. The van der Waals surface area contributed by atoms with E-state index in [-0.39, 0.29) is 5.04 Å². The lowest BCUT2D eigenvalue weighted by atomic mass is 9.98. The van der Waals surface area contributed by atoms with Gasteiger partial charge in [0, 0.05) is 42.4 Å². The fourth-order valence-corrected chi connectivity index (χ4v) is 4.31. The number of benzene rings is 1. The summed E-state index contributed by atoms with van der Waals surface area (Å²) in [5.41, 5.74) is 6.73. The van der Waals surface area contributed by atoms with Gasteiger partial charge in [-0.1, -0.05) is 6.07 Å². The second kappa shape index (κ2) is 9.12. The number of thioether (sulfide) groups is 1. The van der Waals surface area contributed by atoms with Crippen LogP contribution >= 0.6 is 11.8 Å². The molecule has 1 aromatic rings. The predicted octanol–water partition coefficient (Wildman–Crippen LogP) is 2.23. The zero-order valence-electron chi connectivity index (χ0n) is 14.7. The van der Waals surface area contributed by atoms with E-state index in [1.807, 2.05) is 7.05 Å². The molecule has 0 unspecified atom stereocenters. The van der Waals surface area contributed by atoms with Gasteiger partial charge in [0.1, 0.15) is 5.82 Å². The third-order valence-corrected chi connectivity index (χ3v) is 5.65. The fraction of sp³-hybridized carbons (Fsp3) is 0.444. The molecule has 0 bridgehead atoms. The Morgan fingerprint density at radius 1 is 1.44 bits per heavy atom. The molecular weight excluding hydrogens is 337 g/mol. The Morgan fingerprint density at radius 2 is 2.16 bits per heavy atom. The van der Waals surface area contributed by atoms with Gasteiger partial charge in [-0.3, -0.25) is 5.41 Å².